The van der Waals surface area contributed by atoms with Gasteiger partial charge >= 0.3 is 5.97 Å². The van der Waals surface area contributed by atoms with Crippen LogP contribution in [0.5, 0.6) is 11.5 Å². The summed E-state index contributed by atoms with van der Waals surface area (Å²) in [5, 5.41) is 29.5. The van der Waals surface area contributed by atoms with Gasteiger partial charge in [0.1, 0.15) is 17.1 Å². The van der Waals surface area contributed by atoms with E-state index in [1.807, 2.05) is 6.08 Å². The number of benzene rings is 1. The Morgan fingerprint density at radius 3 is 2.58 bits per heavy atom. The third kappa shape index (κ3) is 5.57. The van der Waals surface area contributed by atoms with E-state index in [9.17, 15) is 20.1 Å². The molecule has 134 valence electrons. The Morgan fingerprint density at radius 2 is 1.83 bits per heavy atom. The van der Waals surface area contributed by atoms with Crippen LogP contribution in [0.4, 0.5) is 0 Å². The number of phenols is 2. The second-order valence-corrected chi connectivity index (χ2v) is 6.06. The molecule has 2 rings (SSSR count). The highest BCUT2D eigenvalue weighted by Gasteiger charge is 2.20. The fourth-order valence-corrected chi connectivity index (χ4v) is 2.75. The Balaban J connectivity index is 0.00000288. The predicted octanol–water partition coefficient (Wildman–Crippen LogP) is 4.01. The van der Waals surface area contributed by atoms with Gasteiger partial charge in [-0.15, -0.1) is 0 Å². The van der Waals surface area contributed by atoms with E-state index < -0.39 is 5.97 Å². The summed E-state index contributed by atoms with van der Waals surface area (Å²) < 4.78 is 5.38. The topological polar surface area (TPSA) is 87.0 Å². The molecule has 5 nitrogen and oxygen atoms in total. The van der Waals surface area contributed by atoms with Crippen molar-refractivity contribution in [1.82, 2.24) is 0 Å². The first-order valence-corrected chi connectivity index (χ1v) is 8.09. The first-order valence-electron chi connectivity index (χ1n) is 8.09. The lowest BCUT2D eigenvalue weighted by Crippen LogP contribution is -2.17. The second-order valence-electron chi connectivity index (χ2n) is 6.06. The molecule has 1 aliphatic rings. The Hall–Kier alpha value is -2.01. The van der Waals surface area contributed by atoms with Crippen LogP contribution in [0, 0.1) is 0 Å². The molecule has 0 aromatic heterocycles. The van der Waals surface area contributed by atoms with Crippen LogP contribution in [0.25, 0.3) is 6.08 Å². The molecular weight excluding hydrogens is 308 g/mol. The van der Waals surface area contributed by atoms with Crippen LogP contribution < -0.4 is 0 Å². The van der Waals surface area contributed by atoms with Gasteiger partial charge in [0.15, 0.2) is 0 Å². The van der Waals surface area contributed by atoms with Gasteiger partial charge in [-0.1, -0.05) is 19.6 Å². The van der Waals surface area contributed by atoms with E-state index >= 15 is 0 Å². The third-order valence-corrected chi connectivity index (χ3v) is 4.00. The highest BCUT2D eigenvalue weighted by Crippen LogP contribution is 2.30. The molecule has 0 saturated carbocycles. The van der Waals surface area contributed by atoms with E-state index in [4.69, 9.17) is 4.74 Å². The zero-order chi connectivity index (χ0) is 16.8. The molecule has 0 bridgehead atoms. The fraction of sp³-hybridized carbons (Fsp3) is 0.526. The van der Waals surface area contributed by atoms with Crippen LogP contribution in [0.2, 0.25) is 0 Å². The minimum Gasteiger partial charge on any atom is -0.508 e. The van der Waals surface area contributed by atoms with Gasteiger partial charge in [0.25, 0.3) is 0 Å². The average Bonchev–Trinajstić information content (AvgIpc) is 2.45. The van der Waals surface area contributed by atoms with Crippen LogP contribution in [0.15, 0.2) is 18.2 Å². The summed E-state index contributed by atoms with van der Waals surface area (Å²) in [6, 6.07) is 2.57. The van der Waals surface area contributed by atoms with Gasteiger partial charge in [0.05, 0.1) is 12.2 Å². The number of allylic oxidation sites excluding steroid dienone is 1. The van der Waals surface area contributed by atoms with Gasteiger partial charge in [-0.25, -0.2) is 4.79 Å². The Morgan fingerprint density at radius 1 is 1.12 bits per heavy atom. The Labute approximate surface area is 143 Å². The molecular formula is C19H28O5. The minimum atomic E-state index is -0.604. The number of cyclic esters (lactones) is 1. The average molecular weight is 336 g/mol. The van der Waals surface area contributed by atoms with Crippen LogP contribution in [-0.2, 0) is 4.74 Å². The molecule has 5 heteroatoms. The molecule has 1 aromatic carbocycles. The molecule has 0 unspecified atom stereocenters. The normalized spacial score (nSPS) is 24.0. The van der Waals surface area contributed by atoms with E-state index in [1.54, 1.807) is 13.0 Å². The van der Waals surface area contributed by atoms with Crippen LogP contribution in [0.3, 0.4) is 0 Å². The van der Waals surface area contributed by atoms with Crippen molar-refractivity contribution < 1.29 is 24.9 Å². The van der Waals surface area contributed by atoms with Crippen molar-refractivity contribution in [3.63, 3.8) is 0 Å². The van der Waals surface area contributed by atoms with Gasteiger partial charge < -0.3 is 20.1 Å². The minimum absolute atomic E-state index is 0. The number of aliphatic hydroxyl groups is 1. The maximum Gasteiger partial charge on any atom is 0.342 e. The highest BCUT2D eigenvalue weighted by molar-refractivity contribution is 5.97. The number of aromatic hydroxyl groups is 2. The zero-order valence-electron chi connectivity index (χ0n) is 13.4. The Bertz CT molecular complexity index is 579. The predicted molar refractivity (Wildman–Crippen MR) is 94.1 cm³/mol. The molecule has 0 saturated heterocycles. The third-order valence-electron chi connectivity index (χ3n) is 4.00. The molecule has 1 heterocycles. The van der Waals surface area contributed by atoms with E-state index in [0.29, 0.717) is 18.4 Å². The van der Waals surface area contributed by atoms with E-state index in [2.05, 4.69) is 0 Å². The molecule has 0 aliphatic carbocycles. The maximum absolute atomic E-state index is 12.3. The standard InChI is InChI=1S/C18H24O5.CH4/c1-12-6-5-9-14(19)8-4-2-3-7-13-10-15(20)11-16(21)17(13)18(22)23-12;/h3,7,10-12,14,19-21H,2,4-6,8-9H2,1H3;1H4/b7-3+;/t12-,14+;/m0./s1. The van der Waals surface area contributed by atoms with Crippen molar-refractivity contribution in [2.45, 2.75) is 65.1 Å². The number of rotatable bonds is 0. The molecule has 3 N–H and O–H groups in total. The van der Waals surface area contributed by atoms with Crippen molar-refractivity contribution in [2.75, 3.05) is 0 Å². The van der Waals surface area contributed by atoms with Crippen molar-refractivity contribution in [3.8, 4) is 11.5 Å². The number of hydrogen-bond acceptors (Lipinski definition) is 5. The van der Waals surface area contributed by atoms with Gasteiger partial charge in [-0.05, 0) is 57.1 Å². The second kappa shape index (κ2) is 9.33. The lowest BCUT2D eigenvalue weighted by molar-refractivity contribution is 0.0307. The Kier molecular flexibility index (Phi) is 7.79. The number of aliphatic hydroxyl groups excluding tert-OH is 1. The number of fused-ring (bicyclic) bond motifs is 1. The van der Waals surface area contributed by atoms with Crippen molar-refractivity contribution in [2.24, 2.45) is 0 Å². The summed E-state index contributed by atoms with van der Waals surface area (Å²) in [6.45, 7) is 1.79. The number of phenolic OH excluding ortho intramolecular Hbond substituents is 2. The van der Waals surface area contributed by atoms with Crippen LogP contribution in [-0.4, -0.2) is 33.5 Å². The summed E-state index contributed by atoms with van der Waals surface area (Å²) in [6.07, 6.45) is 7.39. The monoisotopic (exact) mass is 336 g/mol. The molecule has 0 spiro atoms. The van der Waals surface area contributed by atoms with Gasteiger partial charge in [-0.3, -0.25) is 0 Å². The largest absolute Gasteiger partial charge is 0.508 e. The summed E-state index contributed by atoms with van der Waals surface area (Å²) >= 11 is 0. The smallest absolute Gasteiger partial charge is 0.342 e. The van der Waals surface area contributed by atoms with Gasteiger partial charge in [0, 0.05) is 6.07 Å². The SMILES string of the molecule is C.C[C@H]1CCC[C@H](O)CCC/C=C/c2cc(O)cc(O)c2C(=O)O1. The lowest BCUT2D eigenvalue weighted by Gasteiger charge is -2.17. The first kappa shape index (κ1) is 20.0. The van der Waals surface area contributed by atoms with Crippen molar-refractivity contribution in [1.29, 1.82) is 0 Å². The number of ether oxygens (including phenoxy) is 1. The maximum atomic E-state index is 12.3. The number of carbonyl (C=O) groups excluding carboxylic acids is 1. The lowest BCUT2D eigenvalue weighted by atomic mass is 10.0. The number of esters is 1. The molecule has 0 fully saturated rings. The van der Waals surface area contributed by atoms with Crippen molar-refractivity contribution in [3.05, 3.63) is 29.3 Å². The van der Waals surface area contributed by atoms with E-state index in [-0.39, 0.29) is 36.7 Å². The molecule has 0 amide bonds. The quantitative estimate of drug-likeness (QED) is 0.623. The van der Waals surface area contributed by atoms with E-state index in [0.717, 1.165) is 31.7 Å². The van der Waals surface area contributed by atoms with E-state index in [1.165, 1.54) is 6.07 Å². The first-order chi connectivity index (χ1) is 11.0. The number of hydrogen-bond donors (Lipinski definition) is 3. The zero-order valence-corrected chi connectivity index (χ0v) is 13.4. The molecule has 1 aliphatic heterocycles. The molecule has 24 heavy (non-hydrogen) atoms. The molecule has 2 atom stereocenters. The fourth-order valence-electron chi connectivity index (χ4n) is 2.75. The summed E-state index contributed by atoms with van der Waals surface area (Å²) in [5.74, 6) is -1.00. The van der Waals surface area contributed by atoms with Gasteiger partial charge in [0.2, 0.25) is 0 Å². The van der Waals surface area contributed by atoms with Crippen LogP contribution in [0.1, 0.15) is 68.8 Å². The highest BCUT2D eigenvalue weighted by atomic mass is 16.5. The van der Waals surface area contributed by atoms with Gasteiger partial charge in [-0.2, -0.15) is 0 Å². The number of carbonyl (C=O) groups is 1. The summed E-state index contributed by atoms with van der Waals surface area (Å²) in [4.78, 5) is 12.3. The molecule has 1 aromatic rings. The molecule has 0 radical (unpaired) electrons. The summed E-state index contributed by atoms with van der Waals surface area (Å²) in [7, 11) is 0. The summed E-state index contributed by atoms with van der Waals surface area (Å²) in [5.41, 5.74) is 0.500. The van der Waals surface area contributed by atoms with Crippen molar-refractivity contribution >= 4 is 12.0 Å². The van der Waals surface area contributed by atoms with Crippen LogP contribution >= 0.6 is 0 Å².